The molecule has 146 valence electrons. The average molecular weight is 363 g/mol. The Morgan fingerprint density at radius 2 is 0.833 bits per heavy atom. The van der Waals surface area contributed by atoms with E-state index < -0.39 is 8.25 Å². The second-order valence-corrected chi connectivity index (χ2v) is 7.97. The highest BCUT2D eigenvalue weighted by molar-refractivity contribution is 7.33. The summed E-state index contributed by atoms with van der Waals surface area (Å²) in [4.78, 5) is 0. The van der Waals surface area contributed by atoms with E-state index in [9.17, 15) is 4.57 Å². The van der Waals surface area contributed by atoms with Crippen molar-refractivity contribution in [3.63, 3.8) is 0 Å². The van der Waals surface area contributed by atoms with E-state index >= 15 is 0 Å². The molecule has 0 aliphatic heterocycles. The maximum atomic E-state index is 11.4. The maximum absolute atomic E-state index is 11.4. The molecule has 0 heterocycles. The molecule has 0 bridgehead atoms. The third-order valence-corrected chi connectivity index (χ3v) is 5.32. The van der Waals surface area contributed by atoms with Gasteiger partial charge >= 0.3 is 8.25 Å². The molecule has 24 heavy (non-hydrogen) atoms. The Bertz CT molecular complexity index is 259. The summed E-state index contributed by atoms with van der Waals surface area (Å²) >= 11 is 0. The van der Waals surface area contributed by atoms with E-state index in [1.807, 2.05) is 0 Å². The SMILES string of the molecule is CCCCCCCCCCCCCCCCO[PH](=O)OCCCC. The Kier molecular flexibility index (Phi) is 21.3. The van der Waals surface area contributed by atoms with Crippen LogP contribution in [0.25, 0.3) is 0 Å². The second-order valence-electron chi connectivity index (χ2n) is 6.90. The third-order valence-electron chi connectivity index (χ3n) is 4.44. The first-order valence-electron chi connectivity index (χ1n) is 10.6. The van der Waals surface area contributed by atoms with Crippen molar-refractivity contribution in [2.45, 2.75) is 117 Å². The lowest BCUT2D eigenvalue weighted by molar-refractivity contribution is 0.219. The first-order valence-corrected chi connectivity index (χ1v) is 11.8. The van der Waals surface area contributed by atoms with Gasteiger partial charge in [0.2, 0.25) is 0 Å². The minimum atomic E-state index is -2.23. The van der Waals surface area contributed by atoms with Gasteiger partial charge in [-0.05, 0) is 12.8 Å². The topological polar surface area (TPSA) is 35.5 Å². The van der Waals surface area contributed by atoms with E-state index in [1.165, 1.54) is 83.5 Å². The van der Waals surface area contributed by atoms with Crippen molar-refractivity contribution in [1.29, 1.82) is 0 Å². The largest absolute Gasteiger partial charge is 0.319 e. The zero-order valence-electron chi connectivity index (χ0n) is 16.5. The van der Waals surface area contributed by atoms with Crippen LogP contribution in [-0.2, 0) is 13.6 Å². The van der Waals surface area contributed by atoms with Crippen LogP contribution in [0.15, 0.2) is 0 Å². The Morgan fingerprint density at radius 1 is 0.500 bits per heavy atom. The summed E-state index contributed by atoms with van der Waals surface area (Å²) in [7, 11) is -2.23. The van der Waals surface area contributed by atoms with Crippen LogP contribution in [0.2, 0.25) is 0 Å². The molecule has 0 aromatic rings. The lowest BCUT2D eigenvalue weighted by Gasteiger charge is -2.05. The third kappa shape index (κ3) is 20.2. The predicted molar refractivity (Wildman–Crippen MR) is 106 cm³/mol. The zero-order valence-corrected chi connectivity index (χ0v) is 17.5. The average Bonchev–Trinajstić information content (AvgIpc) is 2.58. The van der Waals surface area contributed by atoms with Crippen LogP contribution in [0, 0.1) is 0 Å². The maximum Gasteiger partial charge on any atom is 0.319 e. The van der Waals surface area contributed by atoms with E-state index in [1.54, 1.807) is 0 Å². The molecule has 0 amide bonds. The summed E-state index contributed by atoms with van der Waals surface area (Å²) < 4.78 is 21.7. The van der Waals surface area contributed by atoms with Gasteiger partial charge in [0, 0.05) is 0 Å². The van der Waals surface area contributed by atoms with Crippen LogP contribution >= 0.6 is 8.25 Å². The molecule has 3 nitrogen and oxygen atoms in total. The van der Waals surface area contributed by atoms with Crippen LogP contribution < -0.4 is 0 Å². The van der Waals surface area contributed by atoms with Gasteiger partial charge < -0.3 is 9.05 Å². The van der Waals surface area contributed by atoms with Crippen molar-refractivity contribution in [2.75, 3.05) is 13.2 Å². The van der Waals surface area contributed by atoms with Crippen LogP contribution in [0.4, 0.5) is 0 Å². The van der Waals surface area contributed by atoms with Crippen molar-refractivity contribution >= 4 is 8.25 Å². The van der Waals surface area contributed by atoms with E-state index in [4.69, 9.17) is 9.05 Å². The molecule has 0 aliphatic rings. The molecule has 1 atom stereocenters. The minimum Gasteiger partial charge on any atom is -0.311 e. The van der Waals surface area contributed by atoms with E-state index in [-0.39, 0.29) is 0 Å². The molecule has 0 saturated heterocycles. The van der Waals surface area contributed by atoms with Gasteiger partial charge in [0.25, 0.3) is 0 Å². The fourth-order valence-corrected chi connectivity index (χ4v) is 3.50. The summed E-state index contributed by atoms with van der Waals surface area (Å²) in [5, 5.41) is 0. The van der Waals surface area contributed by atoms with Gasteiger partial charge in [-0.3, -0.25) is 4.57 Å². The zero-order chi connectivity index (χ0) is 17.7. The second kappa shape index (κ2) is 21.2. The van der Waals surface area contributed by atoms with Crippen molar-refractivity contribution in [3.05, 3.63) is 0 Å². The Hall–Kier alpha value is 0.150. The summed E-state index contributed by atoms with van der Waals surface area (Å²) in [6.07, 6.45) is 20.9. The van der Waals surface area contributed by atoms with Crippen LogP contribution in [-0.4, -0.2) is 13.2 Å². The number of unbranched alkanes of at least 4 members (excludes halogenated alkanes) is 14. The number of rotatable bonds is 20. The van der Waals surface area contributed by atoms with Gasteiger partial charge in [-0.15, -0.1) is 0 Å². The molecule has 0 aliphatic carbocycles. The van der Waals surface area contributed by atoms with Gasteiger partial charge in [-0.25, -0.2) is 0 Å². The van der Waals surface area contributed by atoms with Crippen LogP contribution in [0.1, 0.15) is 117 Å². The lowest BCUT2D eigenvalue weighted by Crippen LogP contribution is -1.91. The van der Waals surface area contributed by atoms with Gasteiger partial charge in [-0.1, -0.05) is 104 Å². The van der Waals surface area contributed by atoms with Gasteiger partial charge in [-0.2, -0.15) is 0 Å². The fourth-order valence-electron chi connectivity index (χ4n) is 2.79. The van der Waals surface area contributed by atoms with E-state index in [0.717, 1.165) is 19.3 Å². The molecule has 1 unspecified atom stereocenters. The van der Waals surface area contributed by atoms with E-state index in [0.29, 0.717) is 13.2 Å². The highest BCUT2D eigenvalue weighted by atomic mass is 31.1. The molecular weight excluding hydrogens is 319 g/mol. The van der Waals surface area contributed by atoms with Crippen LogP contribution in [0.3, 0.4) is 0 Å². The highest BCUT2D eigenvalue weighted by Crippen LogP contribution is 2.24. The molecule has 0 aromatic heterocycles. The monoisotopic (exact) mass is 362 g/mol. The van der Waals surface area contributed by atoms with Crippen LogP contribution in [0.5, 0.6) is 0 Å². The highest BCUT2D eigenvalue weighted by Gasteiger charge is 1.99. The molecule has 0 saturated carbocycles. The van der Waals surface area contributed by atoms with Crippen molar-refractivity contribution in [1.82, 2.24) is 0 Å². The molecule has 0 radical (unpaired) electrons. The quantitative estimate of drug-likeness (QED) is 0.164. The molecular formula is C20H43O3P. The Balaban J connectivity index is 3.06. The molecule has 0 N–H and O–H groups in total. The summed E-state index contributed by atoms with van der Waals surface area (Å²) in [5.74, 6) is 0. The Labute approximate surface area is 152 Å². The molecule has 0 aromatic carbocycles. The molecule has 0 spiro atoms. The number of hydrogen-bond acceptors (Lipinski definition) is 3. The summed E-state index contributed by atoms with van der Waals surface area (Å²) in [6.45, 7) is 5.52. The predicted octanol–water partition coefficient (Wildman–Crippen LogP) is 7.69. The molecule has 0 rings (SSSR count). The molecule has 4 heteroatoms. The van der Waals surface area contributed by atoms with Crippen molar-refractivity contribution in [3.8, 4) is 0 Å². The summed E-state index contributed by atoms with van der Waals surface area (Å²) in [5.41, 5.74) is 0. The van der Waals surface area contributed by atoms with Crippen molar-refractivity contribution < 1.29 is 13.6 Å². The summed E-state index contributed by atoms with van der Waals surface area (Å²) in [6, 6.07) is 0. The Morgan fingerprint density at radius 3 is 1.25 bits per heavy atom. The number of hydrogen-bond donors (Lipinski definition) is 0. The fraction of sp³-hybridized carbons (Fsp3) is 1.00. The normalized spacial score (nSPS) is 12.6. The molecule has 0 fully saturated rings. The minimum absolute atomic E-state index is 0.563. The van der Waals surface area contributed by atoms with Gasteiger partial charge in [0.1, 0.15) is 0 Å². The van der Waals surface area contributed by atoms with E-state index in [2.05, 4.69) is 13.8 Å². The van der Waals surface area contributed by atoms with Gasteiger partial charge in [0.15, 0.2) is 0 Å². The first-order chi connectivity index (χ1) is 11.8. The van der Waals surface area contributed by atoms with Crippen molar-refractivity contribution in [2.24, 2.45) is 0 Å². The van der Waals surface area contributed by atoms with Gasteiger partial charge in [0.05, 0.1) is 13.2 Å². The lowest BCUT2D eigenvalue weighted by atomic mass is 10.0. The first kappa shape index (κ1) is 24.1. The standard InChI is InChI=1S/C20H43O3P/c1-3-5-7-8-9-10-11-12-13-14-15-16-17-18-20-23-24(21)22-19-6-4-2/h24H,3-20H2,1-2H3. The smallest absolute Gasteiger partial charge is 0.311 e.